The first kappa shape index (κ1) is 14.8. The Kier molecular flexibility index (Phi) is 3.98. The van der Waals surface area contributed by atoms with Gasteiger partial charge in [-0.15, -0.1) is 11.3 Å². The smallest absolute Gasteiger partial charge is 0.281 e. The van der Waals surface area contributed by atoms with Crippen LogP contribution in [0.25, 0.3) is 0 Å². The molecular weight excluding hydrogens is 296 g/mol. The first-order valence-corrected chi connectivity index (χ1v) is 8.12. The van der Waals surface area contributed by atoms with Crippen molar-refractivity contribution in [2.75, 3.05) is 0 Å². The maximum absolute atomic E-state index is 12.2. The number of nitrogens with zero attached hydrogens (tertiary/aromatic N) is 1. The number of carbonyl (C=O) groups excluding carboxylic acids is 1. The number of thiophene rings is 1. The normalized spacial score (nSPS) is 14.0. The molecule has 0 atom stereocenters. The van der Waals surface area contributed by atoms with E-state index in [9.17, 15) is 9.90 Å². The molecule has 1 heterocycles. The molecule has 1 aliphatic carbocycles. The van der Waals surface area contributed by atoms with Crippen molar-refractivity contribution in [2.24, 2.45) is 5.10 Å². The summed E-state index contributed by atoms with van der Waals surface area (Å²) in [4.78, 5) is 14.2. The number of amides is 1. The minimum atomic E-state index is -0.189. The highest BCUT2D eigenvalue weighted by Crippen LogP contribution is 2.30. The summed E-state index contributed by atoms with van der Waals surface area (Å²) in [6.45, 7) is 3.71. The molecule has 1 aromatic carbocycles. The molecule has 4 nitrogen and oxygen atoms in total. The number of hydrogen-bond donors (Lipinski definition) is 2. The molecule has 0 saturated heterocycles. The Morgan fingerprint density at radius 1 is 1.32 bits per heavy atom. The molecule has 114 valence electrons. The van der Waals surface area contributed by atoms with Crippen LogP contribution >= 0.6 is 11.3 Å². The fourth-order valence-corrected chi connectivity index (χ4v) is 3.77. The van der Waals surface area contributed by atoms with Crippen molar-refractivity contribution >= 4 is 23.0 Å². The van der Waals surface area contributed by atoms with Gasteiger partial charge in [0.1, 0.15) is 5.75 Å². The second kappa shape index (κ2) is 5.93. The van der Waals surface area contributed by atoms with Gasteiger partial charge in [-0.25, -0.2) is 5.43 Å². The van der Waals surface area contributed by atoms with Crippen molar-refractivity contribution in [1.29, 1.82) is 0 Å². The standard InChI is InChI=1S/C17H18N2O2S/c1-10-6-7-14(20)13(8-10)11(2)18-19-17(21)16-9-12-4-3-5-15(12)22-16/h6-9,20H,3-5H2,1-2H3,(H,19,21)/b18-11+. The zero-order valence-corrected chi connectivity index (χ0v) is 13.5. The fraction of sp³-hybridized carbons (Fsp3) is 0.294. The van der Waals surface area contributed by atoms with Gasteiger partial charge in [-0.3, -0.25) is 4.79 Å². The van der Waals surface area contributed by atoms with Gasteiger partial charge >= 0.3 is 0 Å². The van der Waals surface area contributed by atoms with Gasteiger partial charge in [0.05, 0.1) is 10.6 Å². The minimum Gasteiger partial charge on any atom is -0.507 e. The number of fused-ring (bicyclic) bond motifs is 1. The van der Waals surface area contributed by atoms with Crippen molar-refractivity contribution in [3.05, 3.63) is 50.7 Å². The van der Waals surface area contributed by atoms with Crippen molar-refractivity contribution in [3.8, 4) is 5.75 Å². The van der Waals surface area contributed by atoms with Gasteiger partial charge in [0.2, 0.25) is 0 Å². The number of benzene rings is 1. The van der Waals surface area contributed by atoms with Crippen molar-refractivity contribution < 1.29 is 9.90 Å². The predicted octanol–water partition coefficient (Wildman–Crippen LogP) is 3.40. The maximum atomic E-state index is 12.2. The first-order valence-electron chi connectivity index (χ1n) is 7.31. The molecule has 0 saturated carbocycles. The predicted molar refractivity (Wildman–Crippen MR) is 88.9 cm³/mol. The third-order valence-electron chi connectivity index (χ3n) is 3.84. The molecule has 0 unspecified atom stereocenters. The third kappa shape index (κ3) is 2.90. The van der Waals surface area contributed by atoms with Crippen LogP contribution in [-0.4, -0.2) is 16.7 Å². The van der Waals surface area contributed by atoms with E-state index in [2.05, 4.69) is 10.5 Å². The zero-order valence-electron chi connectivity index (χ0n) is 12.6. The van der Waals surface area contributed by atoms with Crippen LogP contribution in [0.2, 0.25) is 0 Å². The van der Waals surface area contributed by atoms with E-state index in [1.165, 1.54) is 16.9 Å². The molecule has 22 heavy (non-hydrogen) atoms. The molecule has 0 spiro atoms. The van der Waals surface area contributed by atoms with E-state index in [-0.39, 0.29) is 11.7 Å². The van der Waals surface area contributed by atoms with Crippen LogP contribution in [0.1, 0.15) is 44.6 Å². The quantitative estimate of drug-likeness (QED) is 0.674. The molecule has 0 fully saturated rings. The van der Waals surface area contributed by atoms with Gasteiger partial charge in [-0.05, 0) is 56.9 Å². The molecule has 1 aliphatic rings. The molecule has 0 radical (unpaired) electrons. The second-order valence-electron chi connectivity index (χ2n) is 5.57. The van der Waals surface area contributed by atoms with Crippen molar-refractivity contribution in [2.45, 2.75) is 33.1 Å². The largest absolute Gasteiger partial charge is 0.507 e. The summed E-state index contributed by atoms with van der Waals surface area (Å²) in [7, 11) is 0. The molecule has 1 aromatic heterocycles. The van der Waals surface area contributed by atoms with E-state index in [0.29, 0.717) is 16.2 Å². The van der Waals surface area contributed by atoms with E-state index < -0.39 is 0 Å². The number of aryl methyl sites for hydroxylation is 3. The Balaban J connectivity index is 1.74. The van der Waals surface area contributed by atoms with Gasteiger partial charge in [-0.2, -0.15) is 5.10 Å². The summed E-state index contributed by atoms with van der Waals surface area (Å²) >= 11 is 1.55. The molecule has 2 N–H and O–H groups in total. The van der Waals surface area contributed by atoms with Crippen LogP contribution in [0.15, 0.2) is 29.4 Å². The highest BCUT2D eigenvalue weighted by Gasteiger charge is 2.18. The van der Waals surface area contributed by atoms with Gasteiger partial charge < -0.3 is 5.11 Å². The first-order chi connectivity index (χ1) is 10.5. The Morgan fingerprint density at radius 3 is 2.91 bits per heavy atom. The topological polar surface area (TPSA) is 61.7 Å². The number of phenolic OH excluding ortho intramolecular Hbond substituents is 1. The fourth-order valence-electron chi connectivity index (χ4n) is 2.63. The average molecular weight is 314 g/mol. The van der Waals surface area contributed by atoms with Gasteiger partial charge in [0.25, 0.3) is 5.91 Å². The molecule has 2 aromatic rings. The van der Waals surface area contributed by atoms with Crippen molar-refractivity contribution in [1.82, 2.24) is 5.43 Å². The number of rotatable bonds is 3. The Morgan fingerprint density at radius 2 is 2.14 bits per heavy atom. The van der Waals surface area contributed by atoms with Crippen LogP contribution in [0.5, 0.6) is 5.75 Å². The highest BCUT2D eigenvalue weighted by atomic mass is 32.1. The summed E-state index contributed by atoms with van der Waals surface area (Å²) in [6, 6.07) is 7.28. The summed E-state index contributed by atoms with van der Waals surface area (Å²) in [6.07, 6.45) is 3.33. The van der Waals surface area contributed by atoms with Gasteiger partial charge in [0, 0.05) is 10.4 Å². The molecule has 5 heteroatoms. The molecule has 0 aliphatic heterocycles. The summed E-state index contributed by atoms with van der Waals surface area (Å²) in [5.74, 6) is -0.0258. The number of aromatic hydroxyl groups is 1. The lowest BCUT2D eigenvalue weighted by molar-refractivity contribution is 0.0959. The molecule has 0 bridgehead atoms. The summed E-state index contributed by atoms with van der Waals surface area (Å²) in [5.41, 5.74) is 6.13. The molecule has 3 rings (SSSR count). The van der Waals surface area contributed by atoms with E-state index in [1.807, 2.05) is 25.1 Å². The van der Waals surface area contributed by atoms with Gasteiger partial charge in [-0.1, -0.05) is 11.6 Å². The van der Waals surface area contributed by atoms with Crippen LogP contribution in [-0.2, 0) is 12.8 Å². The lowest BCUT2D eigenvalue weighted by Gasteiger charge is -2.05. The second-order valence-corrected chi connectivity index (χ2v) is 6.71. The lowest BCUT2D eigenvalue weighted by Crippen LogP contribution is -2.18. The number of hydrazone groups is 1. The van der Waals surface area contributed by atoms with Crippen LogP contribution in [0.3, 0.4) is 0 Å². The van der Waals surface area contributed by atoms with E-state index in [0.717, 1.165) is 18.4 Å². The van der Waals surface area contributed by atoms with E-state index in [1.54, 1.807) is 24.3 Å². The average Bonchev–Trinajstić information content (AvgIpc) is 3.08. The van der Waals surface area contributed by atoms with Gasteiger partial charge in [0.15, 0.2) is 0 Å². The lowest BCUT2D eigenvalue weighted by atomic mass is 10.1. The van der Waals surface area contributed by atoms with Crippen LogP contribution in [0, 0.1) is 6.92 Å². The molecule has 1 amide bonds. The highest BCUT2D eigenvalue weighted by molar-refractivity contribution is 7.14. The zero-order chi connectivity index (χ0) is 15.7. The molecular formula is C17H18N2O2S. The Hall–Kier alpha value is -2.14. The SMILES string of the molecule is C/C(=N\NC(=O)c1cc2c(s1)CCC2)c1cc(C)ccc1O. The maximum Gasteiger partial charge on any atom is 0.281 e. The van der Waals surface area contributed by atoms with Crippen LogP contribution < -0.4 is 5.43 Å². The minimum absolute atomic E-state index is 0.163. The van der Waals surface area contributed by atoms with Crippen molar-refractivity contribution in [3.63, 3.8) is 0 Å². The summed E-state index contributed by atoms with van der Waals surface area (Å²) < 4.78 is 0. The number of phenols is 1. The van der Waals surface area contributed by atoms with E-state index >= 15 is 0 Å². The van der Waals surface area contributed by atoms with Crippen LogP contribution in [0.4, 0.5) is 0 Å². The monoisotopic (exact) mass is 314 g/mol. The Labute approximate surface area is 133 Å². The number of nitrogens with one attached hydrogen (secondary N) is 1. The number of carbonyl (C=O) groups is 1. The van der Waals surface area contributed by atoms with E-state index in [4.69, 9.17) is 0 Å². The summed E-state index contributed by atoms with van der Waals surface area (Å²) in [5, 5.41) is 14.0. The Bertz CT molecular complexity index is 741. The number of hydrogen-bond acceptors (Lipinski definition) is 4. The third-order valence-corrected chi connectivity index (χ3v) is 5.07.